The summed E-state index contributed by atoms with van der Waals surface area (Å²) < 4.78 is 73.5. The third kappa shape index (κ3) is 7.52. The van der Waals surface area contributed by atoms with E-state index in [1.807, 2.05) is 40.8 Å². The van der Waals surface area contributed by atoms with E-state index in [4.69, 9.17) is 18.1 Å². The van der Waals surface area contributed by atoms with Gasteiger partial charge in [0.2, 0.25) is 11.9 Å². The number of anilines is 1. The number of amides is 1. The summed E-state index contributed by atoms with van der Waals surface area (Å²) in [7, 11) is -7.10. The predicted molar refractivity (Wildman–Crippen MR) is 188 cm³/mol. The van der Waals surface area contributed by atoms with Crippen molar-refractivity contribution >= 4 is 52.8 Å². The minimum atomic E-state index is -4.52. The monoisotopic (exact) mass is 764 g/mol. The maximum atomic E-state index is 16.4. The van der Waals surface area contributed by atoms with E-state index < -0.39 is 67.2 Å². The Morgan fingerprint density at radius 1 is 1.13 bits per heavy atom. The highest BCUT2D eigenvalue weighted by atomic mass is 32.2. The molecule has 3 N–H and O–H groups in total. The lowest BCUT2D eigenvalue weighted by molar-refractivity contribution is -0.118. The summed E-state index contributed by atoms with van der Waals surface area (Å²) in [6.07, 6.45) is -1.36. The number of aromatic amines is 1. The first-order chi connectivity index (χ1) is 24.4. The van der Waals surface area contributed by atoms with E-state index in [9.17, 15) is 18.0 Å². The van der Waals surface area contributed by atoms with E-state index in [1.54, 1.807) is 13.8 Å². The molecule has 0 spiro atoms. The summed E-state index contributed by atoms with van der Waals surface area (Å²) >= 11 is 0. The van der Waals surface area contributed by atoms with Crippen LogP contribution in [0.25, 0.3) is 22.3 Å². The van der Waals surface area contributed by atoms with Crippen molar-refractivity contribution in [3.8, 4) is 0 Å². The number of carbonyl (C=O) groups excluding carboxylic acids is 1. The maximum absolute atomic E-state index is 16.4. The largest absolute Gasteiger partial charge is 0.408 e. The molecule has 0 aliphatic carbocycles. The van der Waals surface area contributed by atoms with Gasteiger partial charge in [0.05, 0.1) is 25.0 Å². The third-order valence-corrected chi connectivity index (χ3v) is 15.3. The van der Waals surface area contributed by atoms with E-state index in [0.717, 1.165) is 0 Å². The molecule has 2 aliphatic heterocycles. The van der Waals surface area contributed by atoms with Crippen molar-refractivity contribution in [2.24, 2.45) is 5.92 Å². The minimum absolute atomic E-state index is 0.0375. The van der Waals surface area contributed by atoms with E-state index in [0.29, 0.717) is 17.6 Å². The molecule has 0 radical (unpaired) electrons. The lowest BCUT2D eigenvalue weighted by Gasteiger charge is -2.39. The lowest BCUT2D eigenvalue weighted by atomic mass is 10.1. The van der Waals surface area contributed by atoms with Gasteiger partial charge in [0.15, 0.2) is 43.8 Å². The minimum Gasteiger partial charge on any atom is -0.408 e. The lowest BCUT2D eigenvalue weighted by Crippen LogP contribution is -2.50. The summed E-state index contributed by atoms with van der Waals surface area (Å²) in [5.74, 6) is -0.840. The van der Waals surface area contributed by atoms with E-state index in [-0.39, 0.29) is 46.9 Å². The van der Waals surface area contributed by atoms with E-state index >= 15 is 4.39 Å². The molecule has 1 amide bonds. The number of nitrogens with zero attached hydrogens (tertiary/aromatic N) is 7. The normalized spacial score (nSPS) is 25.8. The molecule has 6 rings (SSSR count). The molecule has 0 unspecified atom stereocenters. The number of hydrogen-bond donors (Lipinski definition) is 3. The molecule has 7 atom stereocenters. The number of H-pyrrole nitrogens is 1. The second-order valence-corrected chi connectivity index (χ2v) is 21.0. The number of fused-ring (bicyclic) bond motifs is 2. The molecule has 4 aromatic heterocycles. The first-order valence-electron chi connectivity index (χ1n) is 17.1. The Kier molecular flexibility index (Phi) is 10.4. The molecule has 4 aromatic rings. The SMILES string of the molecule is CC[C@@H]1C[C@@H](OS(=O)(=O)NC[C@H]2O[C@@H](n3cnc4cncnc43)[C@H](F)[C@@H]2O[Si](C)(C)C(C)(C)C)[C@H](n2cnc3c(=O)[nH]c(NC(=O)C(C)C)nc32)O1. The number of imidazole rings is 2. The number of rotatable bonds is 12. The smallest absolute Gasteiger partial charge is 0.336 e. The van der Waals surface area contributed by atoms with Crippen LogP contribution in [-0.4, -0.2) is 98.8 Å². The molecule has 6 heterocycles. The Labute approximate surface area is 300 Å². The van der Waals surface area contributed by atoms with Gasteiger partial charge in [-0.3, -0.25) is 29.0 Å². The fourth-order valence-electron chi connectivity index (χ4n) is 5.83. The van der Waals surface area contributed by atoms with Crippen LogP contribution in [-0.2, 0) is 33.2 Å². The summed E-state index contributed by atoms with van der Waals surface area (Å²) in [6.45, 7) is 14.9. The topological polar surface area (TPSA) is 219 Å². The molecule has 2 fully saturated rings. The second kappa shape index (κ2) is 14.2. The number of halogens is 1. The number of hydrogen-bond acceptors (Lipinski definition) is 13. The van der Waals surface area contributed by atoms with Gasteiger partial charge in [-0.1, -0.05) is 41.5 Å². The van der Waals surface area contributed by atoms with Crippen molar-refractivity contribution in [1.29, 1.82) is 0 Å². The number of nitrogens with one attached hydrogen (secondary N) is 3. The molecule has 0 saturated carbocycles. The molecule has 0 aromatic carbocycles. The van der Waals surface area contributed by atoms with Crippen LogP contribution < -0.4 is 15.6 Å². The highest BCUT2D eigenvalue weighted by Gasteiger charge is 2.52. The van der Waals surface area contributed by atoms with Gasteiger partial charge in [0.1, 0.15) is 30.2 Å². The zero-order valence-corrected chi connectivity index (χ0v) is 32.0. The van der Waals surface area contributed by atoms with Gasteiger partial charge in [-0.15, -0.1) is 0 Å². The van der Waals surface area contributed by atoms with Crippen molar-refractivity contribution in [2.45, 2.75) is 116 Å². The van der Waals surface area contributed by atoms with Gasteiger partial charge >= 0.3 is 10.3 Å². The summed E-state index contributed by atoms with van der Waals surface area (Å²) in [5.41, 5.74) is 0.217. The quantitative estimate of drug-likeness (QED) is 0.177. The summed E-state index contributed by atoms with van der Waals surface area (Å²) in [4.78, 5) is 48.6. The van der Waals surface area contributed by atoms with Gasteiger partial charge < -0.3 is 13.9 Å². The zero-order valence-electron chi connectivity index (χ0n) is 30.2. The molecule has 21 heteroatoms. The van der Waals surface area contributed by atoms with Crippen molar-refractivity contribution in [1.82, 2.24) is 43.8 Å². The molecule has 0 bridgehead atoms. The Morgan fingerprint density at radius 2 is 1.85 bits per heavy atom. The fraction of sp³-hybridized carbons (Fsp3) is 0.645. The molecule has 2 saturated heterocycles. The molecule has 18 nitrogen and oxygen atoms in total. The molecular formula is C31H45FN10O8SSi. The Bertz CT molecular complexity index is 2100. The predicted octanol–water partition coefficient (Wildman–Crippen LogP) is 3.10. The Balaban J connectivity index is 1.23. The van der Waals surface area contributed by atoms with Crippen molar-refractivity contribution in [2.75, 3.05) is 11.9 Å². The van der Waals surface area contributed by atoms with Gasteiger partial charge in [-0.05, 0) is 24.6 Å². The van der Waals surface area contributed by atoms with Crippen LogP contribution >= 0.6 is 0 Å². The van der Waals surface area contributed by atoms with Gasteiger partial charge in [-0.2, -0.15) is 18.1 Å². The molecular weight excluding hydrogens is 720 g/mol. The van der Waals surface area contributed by atoms with Gasteiger partial charge in [-0.25, -0.2) is 28.5 Å². The highest BCUT2D eigenvalue weighted by Crippen LogP contribution is 2.43. The maximum Gasteiger partial charge on any atom is 0.336 e. The van der Waals surface area contributed by atoms with Crippen LogP contribution in [0.15, 0.2) is 30.0 Å². The molecule has 284 valence electrons. The van der Waals surface area contributed by atoms with Crippen LogP contribution in [0.5, 0.6) is 0 Å². The summed E-state index contributed by atoms with van der Waals surface area (Å²) in [5, 5.41) is 2.28. The first kappa shape index (κ1) is 38.0. The van der Waals surface area contributed by atoms with Crippen LogP contribution in [0.3, 0.4) is 0 Å². The van der Waals surface area contributed by atoms with Crippen LogP contribution in [0.2, 0.25) is 18.1 Å². The standard InChI is InChI=1S/C31H45FN10O8SSi/c1-9-17-10-19(28(47-17)42-15-36-22-25(42)38-30(40-27(22)44)39-26(43)16(2)3)49-51(45,46)37-12-20-23(50-52(7,8)31(4,5)6)21(32)29(48-20)41-14-35-18-11-33-13-34-24(18)41/h11,13-17,19-21,23,28-29,37H,9-10,12H2,1-8H3,(H2,38,39,40,43,44)/t17-,19-,20-,21-,23-,28-,29-/m1/s1. The van der Waals surface area contributed by atoms with Gasteiger partial charge in [0.25, 0.3) is 5.56 Å². The van der Waals surface area contributed by atoms with E-state index in [1.165, 1.54) is 34.3 Å². The Morgan fingerprint density at radius 3 is 2.54 bits per heavy atom. The van der Waals surface area contributed by atoms with Crippen molar-refractivity contribution in [3.05, 3.63) is 35.5 Å². The molecule has 2 aliphatic rings. The fourth-order valence-corrected chi connectivity index (χ4v) is 8.09. The number of aromatic nitrogens is 8. The second-order valence-electron chi connectivity index (χ2n) is 14.8. The van der Waals surface area contributed by atoms with E-state index in [2.05, 4.69) is 39.9 Å². The number of ether oxygens (including phenoxy) is 2. The van der Waals surface area contributed by atoms with Crippen LogP contribution in [0.1, 0.15) is 66.8 Å². The summed E-state index contributed by atoms with van der Waals surface area (Å²) in [6, 6.07) is 0. The number of carbonyl (C=O) groups is 1. The van der Waals surface area contributed by atoms with Crippen molar-refractivity contribution < 1.29 is 35.7 Å². The Hall–Kier alpha value is -3.73. The van der Waals surface area contributed by atoms with Crippen LogP contribution in [0, 0.1) is 5.92 Å². The van der Waals surface area contributed by atoms with Crippen molar-refractivity contribution in [3.63, 3.8) is 0 Å². The third-order valence-electron chi connectivity index (χ3n) is 9.80. The number of alkyl halides is 1. The van der Waals surface area contributed by atoms with Crippen LogP contribution in [0.4, 0.5) is 10.3 Å². The molecule has 52 heavy (non-hydrogen) atoms. The highest BCUT2D eigenvalue weighted by molar-refractivity contribution is 7.84. The zero-order chi connectivity index (χ0) is 37.7. The average Bonchev–Trinajstić information content (AvgIpc) is 3.84. The average molecular weight is 765 g/mol. The first-order valence-corrected chi connectivity index (χ1v) is 21.4. The van der Waals surface area contributed by atoms with Gasteiger partial charge in [0, 0.05) is 18.9 Å².